The van der Waals surface area contributed by atoms with Gasteiger partial charge in [0.15, 0.2) is 0 Å². The molecular weight excluding hydrogens is 302 g/mol. The Labute approximate surface area is 146 Å². The molecule has 1 saturated heterocycles. The third-order valence-electron chi connectivity index (χ3n) is 5.24. The van der Waals surface area contributed by atoms with Crippen LogP contribution in [-0.2, 0) is 9.59 Å². The fourth-order valence-electron chi connectivity index (χ4n) is 3.59. The zero-order valence-electron chi connectivity index (χ0n) is 15.4. The zero-order chi connectivity index (χ0) is 17.4. The Kier molecular flexibility index (Phi) is 7.76. The molecular formula is C19H33N3O2. The lowest BCUT2D eigenvalue weighted by Gasteiger charge is -2.27. The number of rotatable bonds is 6. The molecule has 1 aliphatic heterocycles. The molecule has 0 radical (unpaired) electrons. The van der Waals surface area contributed by atoms with Gasteiger partial charge in [0, 0.05) is 39.1 Å². The molecule has 2 amide bonds. The first-order valence-corrected chi connectivity index (χ1v) is 9.59. The third-order valence-corrected chi connectivity index (χ3v) is 5.24. The summed E-state index contributed by atoms with van der Waals surface area (Å²) in [5, 5.41) is 3.09. The van der Waals surface area contributed by atoms with Crippen molar-refractivity contribution in [2.24, 2.45) is 0 Å². The molecule has 1 fully saturated rings. The highest BCUT2D eigenvalue weighted by Gasteiger charge is 2.25. The smallest absolute Gasteiger partial charge is 0.237 e. The molecule has 0 saturated carbocycles. The van der Waals surface area contributed by atoms with Crippen LogP contribution in [-0.4, -0.2) is 60.4 Å². The van der Waals surface area contributed by atoms with E-state index in [1.807, 2.05) is 18.7 Å². The Balaban J connectivity index is 1.73. The van der Waals surface area contributed by atoms with Crippen molar-refractivity contribution in [2.45, 2.75) is 64.8 Å². The van der Waals surface area contributed by atoms with Crippen LogP contribution in [0, 0.1) is 0 Å². The quantitative estimate of drug-likeness (QED) is 0.758. The molecule has 1 N–H and O–H groups in total. The highest BCUT2D eigenvalue weighted by Crippen LogP contribution is 2.19. The number of nitrogens with one attached hydrogen (secondary N) is 1. The fourth-order valence-corrected chi connectivity index (χ4v) is 3.59. The van der Waals surface area contributed by atoms with Crippen molar-refractivity contribution < 1.29 is 9.59 Å². The minimum absolute atomic E-state index is 0.113. The predicted molar refractivity (Wildman–Crippen MR) is 96.7 cm³/mol. The van der Waals surface area contributed by atoms with Gasteiger partial charge < -0.3 is 10.2 Å². The van der Waals surface area contributed by atoms with Crippen molar-refractivity contribution >= 4 is 11.8 Å². The van der Waals surface area contributed by atoms with Gasteiger partial charge in [0.05, 0.1) is 6.04 Å². The molecule has 136 valence electrons. The zero-order valence-corrected chi connectivity index (χ0v) is 15.4. The normalized spacial score (nSPS) is 20.9. The maximum absolute atomic E-state index is 12.4. The van der Waals surface area contributed by atoms with Crippen LogP contribution in [0.5, 0.6) is 0 Å². The Morgan fingerprint density at radius 1 is 1.17 bits per heavy atom. The molecule has 2 aliphatic rings. The van der Waals surface area contributed by atoms with E-state index in [0.29, 0.717) is 6.42 Å². The first-order valence-electron chi connectivity index (χ1n) is 9.59. The van der Waals surface area contributed by atoms with Crippen molar-refractivity contribution in [3.05, 3.63) is 11.6 Å². The van der Waals surface area contributed by atoms with E-state index in [9.17, 15) is 9.59 Å². The number of hydrogen-bond donors (Lipinski definition) is 1. The van der Waals surface area contributed by atoms with E-state index in [0.717, 1.165) is 45.6 Å². The molecule has 24 heavy (non-hydrogen) atoms. The van der Waals surface area contributed by atoms with Crippen LogP contribution >= 0.6 is 0 Å². The SMILES string of the molecule is CCC(=O)N1CCCN(C(C)C(=O)NCCC2=CCCCC2)CC1. The average molecular weight is 335 g/mol. The monoisotopic (exact) mass is 335 g/mol. The Bertz CT molecular complexity index is 462. The standard InChI is InChI=1S/C19H33N3O2/c1-3-18(23)22-13-7-12-21(14-15-22)16(2)19(24)20-11-10-17-8-5-4-6-9-17/h8,16H,3-7,9-15H2,1-2H3,(H,20,24). The average Bonchev–Trinajstić information content (AvgIpc) is 2.87. The second kappa shape index (κ2) is 9.82. The molecule has 0 aromatic rings. The van der Waals surface area contributed by atoms with E-state index < -0.39 is 0 Å². The molecule has 0 aromatic carbocycles. The summed E-state index contributed by atoms with van der Waals surface area (Å²) in [6.45, 7) is 7.83. The van der Waals surface area contributed by atoms with Crippen molar-refractivity contribution in [3.8, 4) is 0 Å². The Hall–Kier alpha value is -1.36. The number of hydrogen-bond acceptors (Lipinski definition) is 3. The van der Waals surface area contributed by atoms with Crippen molar-refractivity contribution in [1.29, 1.82) is 0 Å². The van der Waals surface area contributed by atoms with Crippen molar-refractivity contribution in [2.75, 3.05) is 32.7 Å². The molecule has 1 heterocycles. The summed E-state index contributed by atoms with van der Waals surface area (Å²) in [7, 11) is 0. The predicted octanol–water partition coefficient (Wildman–Crippen LogP) is 2.33. The van der Waals surface area contributed by atoms with Crippen LogP contribution in [0.15, 0.2) is 11.6 Å². The Morgan fingerprint density at radius 3 is 2.71 bits per heavy atom. The van der Waals surface area contributed by atoms with E-state index >= 15 is 0 Å². The van der Waals surface area contributed by atoms with Gasteiger partial charge in [-0.2, -0.15) is 0 Å². The first kappa shape index (κ1) is 19.0. The van der Waals surface area contributed by atoms with Gasteiger partial charge in [0.1, 0.15) is 0 Å². The van der Waals surface area contributed by atoms with E-state index in [4.69, 9.17) is 0 Å². The molecule has 0 spiro atoms. The van der Waals surface area contributed by atoms with E-state index in [-0.39, 0.29) is 17.9 Å². The topological polar surface area (TPSA) is 52.7 Å². The van der Waals surface area contributed by atoms with E-state index in [2.05, 4.69) is 16.3 Å². The molecule has 0 bridgehead atoms. The van der Waals surface area contributed by atoms with Crippen LogP contribution in [0.2, 0.25) is 0 Å². The van der Waals surface area contributed by atoms with Gasteiger partial charge in [-0.3, -0.25) is 14.5 Å². The van der Waals surface area contributed by atoms with Gasteiger partial charge >= 0.3 is 0 Å². The number of carbonyl (C=O) groups excluding carboxylic acids is 2. The Morgan fingerprint density at radius 2 is 2.00 bits per heavy atom. The largest absolute Gasteiger partial charge is 0.354 e. The molecule has 1 unspecified atom stereocenters. The number of nitrogens with zero attached hydrogens (tertiary/aromatic N) is 2. The number of amides is 2. The second-order valence-electron chi connectivity index (χ2n) is 6.95. The van der Waals surface area contributed by atoms with Crippen molar-refractivity contribution in [1.82, 2.24) is 15.1 Å². The minimum Gasteiger partial charge on any atom is -0.354 e. The highest BCUT2D eigenvalue weighted by atomic mass is 16.2. The summed E-state index contributed by atoms with van der Waals surface area (Å²) >= 11 is 0. The van der Waals surface area contributed by atoms with Gasteiger partial charge in [0.25, 0.3) is 0 Å². The van der Waals surface area contributed by atoms with Crippen LogP contribution in [0.25, 0.3) is 0 Å². The summed E-state index contributed by atoms with van der Waals surface area (Å²) < 4.78 is 0. The minimum atomic E-state index is -0.123. The van der Waals surface area contributed by atoms with Gasteiger partial charge in [-0.25, -0.2) is 0 Å². The summed E-state index contributed by atoms with van der Waals surface area (Å²) in [5.41, 5.74) is 1.50. The van der Waals surface area contributed by atoms with Crippen LogP contribution < -0.4 is 5.32 Å². The van der Waals surface area contributed by atoms with Gasteiger partial charge in [-0.1, -0.05) is 18.6 Å². The van der Waals surface area contributed by atoms with Crippen LogP contribution in [0.1, 0.15) is 58.8 Å². The van der Waals surface area contributed by atoms with Gasteiger partial charge in [-0.15, -0.1) is 0 Å². The molecule has 1 atom stereocenters. The summed E-state index contributed by atoms with van der Waals surface area (Å²) in [4.78, 5) is 28.4. The molecule has 5 nitrogen and oxygen atoms in total. The van der Waals surface area contributed by atoms with Gasteiger partial charge in [-0.05, 0) is 45.4 Å². The lowest BCUT2D eigenvalue weighted by atomic mass is 9.97. The molecule has 0 aromatic heterocycles. The van der Waals surface area contributed by atoms with E-state index in [1.165, 1.54) is 31.3 Å². The van der Waals surface area contributed by atoms with Crippen molar-refractivity contribution in [3.63, 3.8) is 0 Å². The third kappa shape index (κ3) is 5.62. The lowest BCUT2D eigenvalue weighted by Crippen LogP contribution is -2.47. The first-order chi connectivity index (χ1) is 11.6. The van der Waals surface area contributed by atoms with Crippen LogP contribution in [0.4, 0.5) is 0 Å². The molecule has 1 aliphatic carbocycles. The molecule has 5 heteroatoms. The lowest BCUT2D eigenvalue weighted by molar-refractivity contribution is -0.130. The number of carbonyl (C=O) groups is 2. The number of allylic oxidation sites excluding steroid dienone is 1. The van der Waals surface area contributed by atoms with Crippen LogP contribution in [0.3, 0.4) is 0 Å². The molecule has 2 rings (SSSR count). The maximum Gasteiger partial charge on any atom is 0.237 e. The van der Waals surface area contributed by atoms with E-state index in [1.54, 1.807) is 0 Å². The van der Waals surface area contributed by atoms with Gasteiger partial charge in [0.2, 0.25) is 11.8 Å². The second-order valence-corrected chi connectivity index (χ2v) is 6.95. The summed E-state index contributed by atoms with van der Waals surface area (Å²) in [6, 6.07) is -0.123. The fraction of sp³-hybridized carbons (Fsp3) is 0.789. The highest BCUT2D eigenvalue weighted by molar-refractivity contribution is 5.81. The maximum atomic E-state index is 12.4. The summed E-state index contributed by atoms with van der Waals surface area (Å²) in [5.74, 6) is 0.330. The summed E-state index contributed by atoms with van der Waals surface area (Å²) in [6.07, 6.45) is 9.81.